The summed E-state index contributed by atoms with van der Waals surface area (Å²) < 4.78 is 17.9. The van der Waals surface area contributed by atoms with Crippen molar-refractivity contribution in [1.82, 2.24) is 0 Å². The van der Waals surface area contributed by atoms with Crippen LogP contribution in [-0.4, -0.2) is 30.5 Å². The number of methoxy groups -OCH3 is 1. The Labute approximate surface area is 97.6 Å². The number of ether oxygens (including phenoxy) is 1. The van der Waals surface area contributed by atoms with E-state index in [9.17, 15) is 9.18 Å². The molecule has 0 spiro atoms. The zero-order valence-electron chi connectivity index (χ0n) is 9.12. The summed E-state index contributed by atoms with van der Waals surface area (Å²) in [6, 6.07) is 2.75. The lowest BCUT2D eigenvalue weighted by atomic mass is 10.1. The Morgan fingerprint density at radius 1 is 1.56 bits per heavy atom. The number of aliphatic hydroxyl groups excluding tert-OH is 1. The maximum atomic E-state index is 13.4. The molecule has 0 heterocycles. The molecule has 0 fully saturated rings. The van der Waals surface area contributed by atoms with Crippen molar-refractivity contribution in [2.24, 2.45) is 0 Å². The number of aliphatic hydroxyl groups is 1. The summed E-state index contributed by atoms with van der Waals surface area (Å²) >= 11 is 1.37. The summed E-state index contributed by atoms with van der Waals surface area (Å²) in [4.78, 5) is 12.0. The monoisotopic (exact) mass is 244 g/mol. The number of rotatable bonds is 4. The van der Waals surface area contributed by atoms with Gasteiger partial charge in [-0.1, -0.05) is 0 Å². The molecule has 0 aromatic heterocycles. The molecule has 1 rings (SSSR count). The lowest BCUT2D eigenvalue weighted by molar-refractivity contribution is 0.0595. The van der Waals surface area contributed by atoms with Gasteiger partial charge in [-0.15, -0.1) is 11.8 Å². The van der Waals surface area contributed by atoms with Gasteiger partial charge in [0.2, 0.25) is 0 Å². The predicted octanol–water partition coefficient (Wildman–Crippen LogP) is 2.01. The molecule has 0 atom stereocenters. The molecular formula is C11H13FO3S. The molecule has 16 heavy (non-hydrogen) atoms. The molecule has 0 aliphatic heterocycles. The van der Waals surface area contributed by atoms with Crippen LogP contribution in [0.4, 0.5) is 4.39 Å². The minimum Gasteiger partial charge on any atom is -0.465 e. The second-order valence-corrected chi connectivity index (χ2v) is 4.30. The topological polar surface area (TPSA) is 46.5 Å². The molecule has 1 aromatic rings. The SMILES string of the molecule is COC(=O)c1cc(SCCO)c(C)cc1F. The number of benzene rings is 1. The third-order valence-electron chi connectivity index (χ3n) is 2.02. The number of carbonyl (C=O) groups is 1. The van der Waals surface area contributed by atoms with Gasteiger partial charge in [0.25, 0.3) is 0 Å². The molecule has 0 aliphatic carbocycles. The highest BCUT2D eigenvalue weighted by Gasteiger charge is 2.14. The fraction of sp³-hybridized carbons (Fsp3) is 0.364. The van der Waals surface area contributed by atoms with Gasteiger partial charge in [0.1, 0.15) is 5.82 Å². The van der Waals surface area contributed by atoms with Gasteiger partial charge in [-0.3, -0.25) is 0 Å². The van der Waals surface area contributed by atoms with E-state index >= 15 is 0 Å². The highest BCUT2D eigenvalue weighted by molar-refractivity contribution is 7.99. The van der Waals surface area contributed by atoms with Gasteiger partial charge in [0.15, 0.2) is 0 Å². The van der Waals surface area contributed by atoms with Crippen LogP contribution < -0.4 is 0 Å². The van der Waals surface area contributed by atoms with Crippen molar-refractivity contribution >= 4 is 17.7 Å². The first-order valence-electron chi connectivity index (χ1n) is 4.72. The highest BCUT2D eigenvalue weighted by atomic mass is 32.2. The van der Waals surface area contributed by atoms with Gasteiger partial charge in [0.05, 0.1) is 19.3 Å². The van der Waals surface area contributed by atoms with Crippen LogP contribution in [0.2, 0.25) is 0 Å². The van der Waals surface area contributed by atoms with E-state index in [0.717, 1.165) is 10.5 Å². The van der Waals surface area contributed by atoms with Gasteiger partial charge in [-0.25, -0.2) is 9.18 Å². The van der Waals surface area contributed by atoms with Crippen molar-refractivity contribution in [3.63, 3.8) is 0 Å². The van der Waals surface area contributed by atoms with Crippen LogP contribution in [0.25, 0.3) is 0 Å². The first-order chi connectivity index (χ1) is 7.60. The van der Waals surface area contributed by atoms with E-state index in [2.05, 4.69) is 4.74 Å². The molecule has 88 valence electrons. The molecule has 0 bridgehead atoms. The number of thioether (sulfide) groups is 1. The van der Waals surface area contributed by atoms with Gasteiger partial charge >= 0.3 is 5.97 Å². The number of hydrogen-bond donors (Lipinski definition) is 1. The van der Waals surface area contributed by atoms with Crippen LogP contribution in [0.5, 0.6) is 0 Å². The highest BCUT2D eigenvalue weighted by Crippen LogP contribution is 2.25. The summed E-state index contributed by atoms with van der Waals surface area (Å²) in [5.41, 5.74) is 0.664. The largest absolute Gasteiger partial charge is 0.465 e. The van der Waals surface area contributed by atoms with Gasteiger partial charge in [0, 0.05) is 10.6 Å². The number of carbonyl (C=O) groups excluding carboxylic acids is 1. The summed E-state index contributed by atoms with van der Waals surface area (Å²) in [7, 11) is 1.21. The summed E-state index contributed by atoms with van der Waals surface area (Å²) in [5, 5.41) is 8.71. The van der Waals surface area contributed by atoms with Crippen LogP contribution >= 0.6 is 11.8 Å². The van der Waals surface area contributed by atoms with Gasteiger partial charge in [-0.2, -0.15) is 0 Å². The van der Waals surface area contributed by atoms with Crippen molar-refractivity contribution in [2.45, 2.75) is 11.8 Å². The molecule has 5 heteroatoms. The Bertz CT molecular complexity index is 393. The average Bonchev–Trinajstić information content (AvgIpc) is 2.27. The molecule has 0 aliphatic rings. The number of esters is 1. The molecular weight excluding hydrogens is 231 g/mol. The smallest absolute Gasteiger partial charge is 0.340 e. The maximum absolute atomic E-state index is 13.4. The lowest BCUT2D eigenvalue weighted by Gasteiger charge is -2.08. The molecule has 1 aromatic carbocycles. The van der Waals surface area contributed by atoms with E-state index in [4.69, 9.17) is 5.11 Å². The minimum absolute atomic E-state index is 0.0367. The van der Waals surface area contributed by atoms with Crippen LogP contribution in [0.3, 0.4) is 0 Å². The molecule has 0 unspecified atom stereocenters. The fourth-order valence-electron chi connectivity index (χ4n) is 1.23. The summed E-state index contributed by atoms with van der Waals surface area (Å²) in [6.07, 6.45) is 0. The summed E-state index contributed by atoms with van der Waals surface area (Å²) in [6.45, 7) is 1.79. The van der Waals surface area contributed by atoms with E-state index in [-0.39, 0.29) is 12.2 Å². The van der Waals surface area contributed by atoms with Crippen LogP contribution in [-0.2, 0) is 4.74 Å². The Morgan fingerprint density at radius 3 is 2.81 bits per heavy atom. The second kappa shape index (κ2) is 5.86. The number of halogens is 1. The van der Waals surface area contributed by atoms with E-state index in [0.29, 0.717) is 5.75 Å². The van der Waals surface area contributed by atoms with Crippen molar-refractivity contribution < 1.29 is 19.0 Å². The summed E-state index contributed by atoms with van der Waals surface area (Å²) in [5.74, 6) is -0.770. The molecule has 0 amide bonds. The Kier molecular flexibility index (Phi) is 4.76. The number of hydrogen-bond acceptors (Lipinski definition) is 4. The third-order valence-corrected chi connectivity index (χ3v) is 3.16. The normalized spacial score (nSPS) is 10.2. The van der Waals surface area contributed by atoms with Crippen LogP contribution in [0.1, 0.15) is 15.9 Å². The number of aryl methyl sites for hydroxylation is 1. The van der Waals surface area contributed by atoms with Gasteiger partial charge in [-0.05, 0) is 24.6 Å². The first-order valence-corrected chi connectivity index (χ1v) is 5.70. The fourth-order valence-corrected chi connectivity index (χ4v) is 2.03. The first kappa shape index (κ1) is 13.0. The quantitative estimate of drug-likeness (QED) is 0.650. The van der Waals surface area contributed by atoms with E-state index in [1.165, 1.54) is 31.0 Å². The van der Waals surface area contributed by atoms with E-state index in [1.54, 1.807) is 6.92 Å². The molecule has 1 N–H and O–H groups in total. The third kappa shape index (κ3) is 2.96. The van der Waals surface area contributed by atoms with Crippen molar-refractivity contribution in [2.75, 3.05) is 19.5 Å². The van der Waals surface area contributed by atoms with Crippen molar-refractivity contribution in [3.05, 3.63) is 29.1 Å². The zero-order valence-corrected chi connectivity index (χ0v) is 9.94. The molecule has 0 saturated carbocycles. The molecule has 3 nitrogen and oxygen atoms in total. The van der Waals surface area contributed by atoms with E-state index in [1.807, 2.05) is 0 Å². The molecule has 0 radical (unpaired) electrons. The Morgan fingerprint density at radius 2 is 2.25 bits per heavy atom. The minimum atomic E-state index is -0.691. The molecule has 0 saturated heterocycles. The average molecular weight is 244 g/mol. The predicted molar refractivity (Wildman–Crippen MR) is 60.3 cm³/mol. The van der Waals surface area contributed by atoms with Crippen LogP contribution in [0, 0.1) is 12.7 Å². The van der Waals surface area contributed by atoms with Crippen LogP contribution in [0.15, 0.2) is 17.0 Å². The maximum Gasteiger partial charge on any atom is 0.340 e. The van der Waals surface area contributed by atoms with Crippen molar-refractivity contribution in [1.29, 1.82) is 0 Å². The Hall–Kier alpha value is -1.07. The van der Waals surface area contributed by atoms with Gasteiger partial charge < -0.3 is 9.84 Å². The standard InChI is InChI=1S/C11H13FO3S/c1-7-5-9(12)8(11(14)15-2)6-10(7)16-4-3-13/h5-6,13H,3-4H2,1-2H3. The van der Waals surface area contributed by atoms with Crippen molar-refractivity contribution in [3.8, 4) is 0 Å². The lowest BCUT2D eigenvalue weighted by Crippen LogP contribution is -2.05. The Balaban J connectivity index is 3.06. The second-order valence-electron chi connectivity index (χ2n) is 3.16. The van der Waals surface area contributed by atoms with E-state index < -0.39 is 11.8 Å². The zero-order chi connectivity index (χ0) is 12.1.